The zero-order chi connectivity index (χ0) is 37.5. The summed E-state index contributed by atoms with van der Waals surface area (Å²) in [5, 5.41) is 7.07. The van der Waals surface area contributed by atoms with Crippen LogP contribution in [0.3, 0.4) is 0 Å². The van der Waals surface area contributed by atoms with Gasteiger partial charge >= 0.3 is 0 Å². The average Bonchev–Trinajstić information content (AvgIpc) is 3.95. The fourth-order valence-electron chi connectivity index (χ4n) is 8.40. The van der Waals surface area contributed by atoms with Crippen molar-refractivity contribution in [3.63, 3.8) is 0 Å². The van der Waals surface area contributed by atoms with E-state index in [0.717, 1.165) is 55.4 Å². The summed E-state index contributed by atoms with van der Waals surface area (Å²) in [5.74, 6) is 1.86. The van der Waals surface area contributed by atoms with E-state index in [1.165, 1.54) is 42.0 Å². The Kier molecular flexibility index (Phi) is 7.03. The lowest BCUT2D eigenvalue weighted by Gasteiger charge is -2.11. The van der Waals surface area contributed by atoms with E-state index in [2.05, 4.69) is 156 Å². The maximum Gasteiger partial charge on any atom is 0.164 e. The van der Waals surface area contributed by atoms with Crippen LogP contribution in [0.15, 0.2) is 186 Å². The summed E-state index contributed by atoms with van der Waals surface area (Å²) in [4.78, 5) is 15.1. The third-order valence-electron chi connectivity index (χ3n) is 11.1. The predicted molar refractivity (Wildman–Crippen MR) is 236 cm³/mol. The summed E-state index contributed by atoms with van der Waals surface area (Å²) < 4.78 is 11.5. The first kappa shape index (κ1) is 31.9. The van der Waals surface area contributed by atoms with E-state index in [-0.39, 0.29) is 0 Å². The summed E-state index contributed by atoms with van der Waals surface area (Å²) >= 11 is 1.79. The van der Waals surface area contributed by atoms with Gasteiger partial charge < -0.3 is 8.98 Å². The Morgan fingerprint density at radius 1 is 0.386 bits per heavy atom. The molecule has 0 aliphatic rings. The maximum absolute atomic E-state index is 6.69. The van der Waals surface area contributed by atoms with Crippen molar-refractivity contribution in [2.75, 3.05) is 0 Å². The van der Waals surface area contributed by atoms with Gasteiger partial charge in [-0.15, -0.1) is 11.3 Å². The van der Waals surface area contributed by atoms with Crippen LogP contribution in [0.1, 0.15) is 0 Å². The summed E-state index contributed by atoms with van der Waals surface area (Å²) in [6.07, 6.45) is 0. The highest BCUT2D eigenvalue weighted by Gasteiger charge is 2.19. The molecule has 6 heteroatoms. The SMILES string of the molecule is c1ccc(-c2nc(-c3ccc4c(c3)oc3cc(-c5cccc6c7ccccc7n(-c7ccccc7)c56)ccc34)nc(-c3ccc4c(c3)sc3ccccc34)n2)cc1. The summed E-state index contributed by atoms with van der Waals surface area (Å²) in [6, 6.07) is 63.8. The molecule has 0 aliphatic carbocycles. The monoisotopic (exact) mass is 746 g/mol. The van der Waals surface area contributed by atoms with Gasteiger partial charge in [0.05, 0.1) is 11.0 Å². The second-order valence-corrected chi connectivity index (χ2v) is 15.5. The topological polar surface area (TPSA) is 56.7 Å². The van der Waals surface area contributed by atoms with Gasteiger partial charge in [-0.3, -0.25) is 0 Å². The quantitative estimate of drug-likeness (QED) is 0.176. The van der Waals surface area contributed by atoms with E-state index >= 15 is 0 Å². The number of benzene rings is 8. The van der Waals surface area contributed by atoms with Crippen molar-refractivity contribution in [2.45, 2.75) is 0 Å². The van der Waals surface area contributed by atoms with Crippen molar-refractivity contribution in [1.29, 1.82) is 0 Å². The Balaban J connectivity index is 0.993. The van der Waals surface area contributed by atoms with Crippen LogP contribution in [0.5, 0.6) is 0 Å². The Morgan fingerprint density at radius 2 is 0.947 bits per heavy atom. The number of para-hydroxylation sites is 3. The molecule has 0 spiro atoms. The van der Waals surface area contributed by atoms with Crippen molar-refractivity contribution >= 4 is 75.3 Å². The molecular formula is C51H30N4OS. The van der Waals surface area contributed by atoms with Crippen LogP contribution in [-0.4, -0.2) is 19.5 Å². The molecule has 12 rings (SSSR count). The highest BCUT2D eigenvalue weighted by molar-refractivity contribution is 7.25. The molecule has 12 aromatic rings. The van der Waals surface area contributed by atoms with Gasteiger partial charge in [0.2, 0.25) is 0 Å². The molecule has 57 heavy (non-hydrogen) atoms. The summed E-state index contributed by atoms with van der Waals surface area (Å²) in [5.41, 5.74) is 10.1. The van der Waals surface area contributed by atoms with E-state index in [1.807, 2.05) is 30.3 Å². The molecule has 4 aromatic heterocycles. The highest BCUT2D eigenvalue weighted by atomic mass is 32.1. The molecule has 0 amide bonds. The van der Waals surface area contributed by atoms with Gasteiger partial charge in [0.1, 0.15) is 11.2 Å². The maximum atomic E-state index is 6.69. The third kappa shape index (κ3) is 5.12. The van der Waals surface area contributed by atoms with Crippen LogP contribution < -0.4 is 0 Å². The first-order chi connectivity index (χ1) is 28.2. The highest BCUT2D eigenvalue weighted by Crippen LogP contribution is 2.41. The van der Waals surface area contributed by atoms with Gasteiger partial charge in [0.15, 0.2) is 17.5 Å². The third-order valence-corrected chi connectivity index (χ3v) is 12.2. The number of nitrogens with zero attached hydrogens (tertiary/aromatic N) is 4. The van der Waals surface area contributed by atoms with Crippen LogP contribution in [0, 0.1) is 0 Å². The van der Waals surface area contributed by atoms with Crippen LogP contribution >= 0.6 is 11.3 Å². The molecule has 266 valence electrons. The molecule has 0 fully saturated rings. The largest absolute Gasteiger partial charge is 0.456 e. The number of fused-ring (bicyclic) bond motifs is 9. The van der Waals surface area contributed by atoms with Crippen molar-refractivity contribution in [3.8, 4) is 51.0 Å². The number of furan rings is 1. The van der Waals surface area contributed by atoms with Crippen LogP contribution in [0.25, 0.3) is 115 Å². The molecule has 0 unspecified atom stereocenters. The molecular weight excluding hydrogens is 717 g/mol. The van der Waals surface area contributed by atoms with Crippen molar-refractivity contribution in [1.82, 2.24) is 19.5 Å². The average molecular weight is 747 g/mol. The lowest BCUT2D eigenvalue weighted by Crippen LogP contribution is -2.00. The number of aromatic nitrogens is 4. The standard InChI is InChI=1S/C51H30N4OS/c1-3-12-31(13-4-1)49-52-50(54-51(53-49)34-24-27-41-40-17-8-10-21-46(40)57-47(41)30-34)33-23-26-39-38-25-22-32(28-44(38)56-45(39)29-33)36-18-11-19-42-37-16-7-9-20-43(37)55(48(36)42)35-14-5-2-6-15-35/h1-30H. The zero-order valence-corrected chi connectivity index (χ0v) is 31.2. The second kappa shape index (κ2) is 12.6. The number of rotatable bonds is 5. The van der Waals surface area contributed by atoms with E-state index < -0.39 is 0 Å². The molecule has 8 aromatic carbocycles. The Bertz CT molecular complexity index is 3530. The molecule has 0 saturated carbocycles. The minimum absolute atomic E-state index is 0.596. The first-order valence-corrected chi connectivity index (χ1v) is 19.8. The van der Waals surface area contributed by atoms with Crippen molar-refractivity contribution < 1.29 is 4.42 Å². The number of thiophene rings is 1. The number of hydrogen-bond donors (Lipinski definition) is 0. The zero-order valence-electron chi connectivity index (χ0n) is 30.4. The first-order valence-electron chi connectivity index (χ1n) is 19.0. The number of hydrogen-bond acceptors (Lipinski definition) is 5. The Hall–Kier alpha value is -7.41. The minimum atomic E-state index is 0.596. The summed E-state index contributed by atoms with van der Waals surface area (Å²) in [6.45, 7) is 0. The molecule has 0 radical (unpaired) electrons. The van der Waals surface area contributed by atoms with Gasteiger partial charge in [-0.2, -0.15) is 0 Å². The Labute approximate surface area is 330 Å². The molecule has 0 bridgehead atoms. The van der Waals surface area contributed by atoms with Crippen LogP contribution in [0.2, 0.25) is 0 Å². The predicted octanol–water partition coefficient (Wildman–Crippen LogP) is 13.9. The molecule has 0 saturated heterocycles. The lowest BCUT2D eigenvalue weighted by molar-refractivity contribution is 0.669. The van der Waals surface area contributed by atoms with Gasteiger partial charge in [0, 0.05) is 69.7 Å². The van der Waals surface area contributed by atoms with Gasteiger partial charge in [-0.05, 0) is 60.2 Å². The smallest absolute Gasteiger partial charge is 0.164 e. The molecule has 0 N–H and O–H groups in total. The second-order valence-electron chi connectivity index (χ2n) is 14.4. The molecule has 4 heterocycles. The fourth-order valence-corrected chi connectivity index (χ4v) is 9.54. The van der Waals surface area contributed by atoms with E-state index in [4.69, 9.17) is 19.4 Å². The van der Waals surface area contributed by atoms with E-state index in [1.54, 1.807) is 11.3 Å². The van der Waals surface area contributed by atoms with Crippen molar-refractivity contribution in [2.24, 2.45) is 0 Å². The van der Waals surface area contributed by atoms with E-state index in [9.17, 15) is 0 Å². The van der Waals surface area contributed by atoms with Crippen LogP contribution in [-0.2, 0) is 0 Å². The van der Waals surface area contributed by atoms with E-state index in [0.29, 0.717) is 17.5 Å². The van der Waals surface area contributed by atoms with Gasteiger partial charge in [-0.25, -0.2) is 15.0 Å². The summed E-state index contributed by atoms with van der Waals surface area (Å²) in [7, 11) is 0. The minimum Gasteiger partial charge on any atom is -0.456 e. The van der Waals surface area contributed by atoms with Gasteiger partial charge in [-0.1, -0.05) is 127 Å². The molecule has 0 atom stereocenters. The normalized spacial score (nSPS) is 11.9. The Morgan fingerprint density at radius 3 is 1.72 bits per heavy atom. The fraction of sp³-hybridized carbons (Fsp3) is 0. The van der Waals surface area contributed by atoms with Gasteiger partial charge in [0.25, 0.3) is 0 Å². The lowest BCUT2D eigenvalue weighted by atomic mass is 10.00. The van der Waals surface area contributed by atoms with Crippen LogP contribution in [0.4, 0.5) is 0 Å². The molecule has 0 aliphatic heterocycles. The van der Waals surface area contributed by atoms with Crippen molar-refractivity contribution in [3.05, 3.63) is 182 Å². The molecule has 5 nitrogen and oxygen atoms in total.